The maximum absolute atomic E-state index is 12.7. The van der Waals surface area contributed by atoms with E-state index in [0.717, 1.165) is 12.8 Å². The third-order valence-corrected chi connectivity index (χ3v) is 2.87. The fourth-order valence-corrected chi connectivity index (χ4v) is 1.55. The number of nitrogens with one attached hydrogen (secondary N) is 1. The number of rotatable bonds is 5. The highest BCUT2D eigenvalue weighted by Gasteiger charge is 2.26. The van der Waals surface area contributed by atoms with Crippen molar-refractivity contribution in [3.63, 3.8) is 0 Å². The first kappa shape index (κ1) is 14.2. The van der Waals surface area contributed by atoms with Gasteiger partial charge in [-0.15, -0.1) is 0 Å². The van der Waals surface area contributed by atoms with Gasteiger partial charge in [0.05, 0.1) is 0 Å². The highest BCUT2D eigenvalue weighted by Crippen LogP contribution is 2.18. The molecule has 0 heterocycles. The van der Waals surface area contributed by atoms with Gasteiger partial charge >= 0.3 is 5.97 Å². The molecule has 106 valence electrons. The lowest BCUT2D eigenvalue weighted by atomic mass is 10.2. The van der Waals surface area contributed by atoms with Gasteiger partial charge in [0.2, 0.25) is 0 Å². The van der Waals surface area contributed by atoms with Crippen LogP contribution in [0.5, 0.6) is 0 Å². The molecule has 1 N–H and O–H groups in total. The van der Waals surface area contributed by atoms with E-state index in [-0.39, 0.29) is 17.8 Å². The third-order valence-electron chi connectivity index (χ3n) is 2.87. The van der Waals surface area contributed by atoms with E-state index < -0.39 is 12.1 Å². The van der Waals surface area contributed by atoms with Crippen LogP contribution in [-0.4, -0.2) is 24.0 Å². The number of carbonyl (C=O) groups excluding carboxylic acids is 2. The largest absolute Gasteiger partial charge is 0.449 e. The molecule has 5 heteroatoms. The van der Waals surface area contributed by atoms with Crippen molar-refractivity contribution < 1.29 is 18.7 Å². The van der Waals surface area contributed by atoms with E-state index in [1.165, 1.54) is 31.2 Å². The second-order valence-electron chi connectivity index (χ2n) is 4.75. The normalized spacial score (nSPS) is 15.9. The lowest BCUT2D eigenvalue weighted by Crippen LogP contribution is -2.36. The summed E-state index contributed by atoms with van der Waals surface area (Å²) in [4.78, 5) is 23.1. The number of halogens is 1. The van der Waals surface area contributed by atoms with E-state index in [4.69, 9.17) is 4.74 Å². The van der Waals surface area contributed by atoms with Gasteiger partial charge in [-0.05, 0) is 43.5 Å². The monoisotopic (exact) mass is 277 g/mol. The summed E-state index contributed by atoms with van der Waals surface area (Å²) in [6, 6.07) is 5.93. The van der Waals surface area contributed by atoms with E-state index in [2.05, 4.69) is 5.32 Å². The molecule has 1 amide bonds. The van der Waals surface area contributed by atoms with Crippen molar-refractivity contribution in [1.82, 2.24) is 5.32 Å². The lowest BCUT2D eigenvalue weighted by molar-refractivity contribution is -0.150. The highest BCUT2D eigenvalue weighted by atomic mass is 19.1. The maximum atomic E-state index is 12.7. The Hall–Kier alpha value is -2.17. The van der Waals surface area contributed by atoms with E-state index in [1.54, 1.807) is 12.1 Å². The van der Waals surface area contributed by atoms with Crippen LogP contribution in [0, 0.1) is 5.82 Å². The quantitative estimate of drug-likeness (QED) is 0.662. The van der Waals surface area contributed by atoms with Crippen LogP contribution in [0.15, 0.2) is 30.3 Å². The molecule has 0 bridgehead atoms. The topological polar surface area (TPSA) is 55.4 Å². The fourth-order valence-electron chi connectivity index (χ4n) is 1.55. The third kappa shape index (κ3) is 4.50. The predicted molar refractivity (Wildman–Crippen MR) is 72.2 cm³/mol. The predicted octanol–water partition coefficient (Wildman–Crippen LogP) is 2.05. The van der Waals surface area contributed by atoms with Gasteiger partial charge in [-0.25, -0.2) is 9.18 Å². The summed E-state index contributed by atoms with van der Waals surface area (Å²) in [5.74, 6) is -1.22. The number of esters is 1. The molecule has 0 aliphatic heterocycles. The number of hydrogen-bond donors (Lipinski definition) is 1. The van der Waals surface area contributed by atoms with Crippen molar-refractivity contribution in [3.8, 4) is 0 Å². The fraction of sp³-hybridized carbons (Fsp3) is 0.333. The molecule has 0 aromatic heterocycles. The molecule has 2 rings (SSSR count). The molecule has 0 spiro atoms. The number of hydrogen-bond acceptors (Lipinski definition) is 3. The Morgan fingerprint density at radius 3 is 2.60 bits per heavy atom. The average Bonchev–Trinajstić information content (AvgIpc) is 3.22. The van der Waals surface area contributed by atoms with Crippen molar-refractivity contribution in [3.05, 3.63) is 41.7 Å². The molecular formula is C15H16FNO3. The molecule has 0 saturated heterocycles. The zero-order chi connectivity index (χ0) is 14.5. The van der Waals surface area contributed by atoms with Gasteiger partial charge in [0.25, 0.3) is 5.91 Å². The molecule has 1 fully saturated rings. The van der Waals surface area contributed by atoms with Crippen molar-refractivity contribution in [2.75, 3.05) is 0 Å². The van der Waals surface area contributed by atoms with Crippen LogP contribution < -0.4 is 5.32 Å². The minimum atomic E-state index is -0.819. The number of ether oxygens (including phenoxy) is 1. The Kier molecular flexibility index (Phi) is 4.50. The molecule has 1 aliphatic carbocycles. The van der Waals surface area contributed by atoms with Crippen LogP contribution in [0.4, 0.5) is 4.39 Å². The van der Waals surface area contributed by atoms with E-state index in [1.807, 2.05) is 0 Å². The number of carbonyl (C=O) groups is 2. The summed E-state index contributed by atoms with van der Waals surface area (Å²) in [5.41, 5.74) is 0.679. The summed E-state index contributed by atoms with van der Waals surface area (Å²) in [6.45, 7) is 1.53. The lowest BCUT2D eigenvalue weighted by Gasteiger charge is -2.11. The maximum Gasteiger partial charge on any atom is 0.331 e. The Bertz CT molecular complexity index is 520. The first-order valence-corrected chi connectivity index (χ1v) is 6.49. The minimum absolute atomic E-state index is 0.235. The second kappa shape index (κ2) is 6.32. The van der Waals surface area contributed by atoms with Crippen molar-refractivity contribution in [2.24, 2.45) is 0 Å². The van der Waals surface area contributed by atoms with Gasteiger partial charge in [-0.1, -0.05) is 12.1 Å². The van der Waals surface area contributed by atoms with Gasteiger partial charge < -0.3 is 10.1 Å². The zero-order valence-electron chi connectivity index (χ0n) is 11.1. The van der Waals surface area contributed by atoms with Crippen molar-refractivity contribution in [1.29, 1.82) is 0 Å². The molecule has 0 radical (unpaired) electrons. The minimum Gasteiger partial charge on any atom is -0.449 e. The second-order valence-corrected chi connectivity index (χ2v) is 4.75. The Labute approximate surface area is 116 Å². The van der Waals surface area contributed by atoms with Gasteiger partial charge in [-0.2, -0.15) is 0 Å². The molecule has 0 unspecified atom stereocenters. The van der Waals surface area contributed by atoms with Crippen molar-refractivity contribution >= 4 is 18.0 Å². The Morgan fingerprint density at radius 2 is 2.00 bits per heavy atom. The van der Waals surface area contributed by atoms with E-state index in [9.17, 15) is 14.0 Å². The standard InChI is InChI=1S/C15H16FNO3/c1-10(15(19)17-13-7-8-13)20-14(18)9-4-11-2-5-12(16)6-3-11/h2-6,9-10,13H,7-8H2,1H3,(H,17,19)/b9-4+/t10-/m1/s1. The first-order chi connectivity index (χ1) is 9.54. The Morgan fingerprint density at radius 1 is 1.35 bits per heavy atom. The van der Waals surface area contributed by atoms with Crippen LogP contribution >= 0.6 is 0 Å². The van der Waals surface area contributed by atoms with Gasteiger partial charge in [0, 0.05) is 12.1 Å². The van der Waals surface area contributed by atoms with Crippen LogP contribution in [0.1, 0.15) is 25.3 Å². The molecule has 1 saturated carbocycles. The summed E-state index contributed by atoms with van der Waals surface area (Å²) in [7, 11) is 0. The van der Waals surface area contributed by atoms with Crippen LogP contribution in [0.25, 0.3) is 6.08 Å². The summed E-state index contributed by atoms with van der Waals surface area (Å²) >= 11 is 0. The molecule has 1 aromatic rings. The summed E-state index contributed by atoms with van der Waals surface area (Å²) in [6.07, 6.45) is 3.87. The molecule has 20 heavy (non-hydrogen) atoms. The summed E-state index contributed by atoms with van der Waals surface area (Å²) < 4.78 is 17.7. The molecular weight excluding hydrogens is 261 g/mol. The van der Waals surface area contributed by atoms with Gasteiger partial charge in [0.1, 0.15) is 5.82 Å². The molecule has 4 nitrogen and oxygen atoms in total. The smallest absolute Gasteiger partial charge is 0.331 e. The van der Waals surface area contributed by atoms with Gasteiger partial charge in [0.15, 0.2) is 6.10 Å². The number of amides is 1. The Balaban J connectivity index is 1.81. The molecule has 1 atom stereocenters. The zero-order valence-corrected chi connectivity index (χ0v) is 11.1. The van der Waals surface area contributed by atoms with Crippen LogP contribution in [0.3, 0.4) is 0 Å². The SMILES string of the molecule is C[C@@H](OC(=O)/C=C/c1ccc(F)cc1)C(=O)NC1CC1. The average molecular weight is 277 g/mol. The van der Waals surface area contributed by atoms with E-state index in [0.29, 0.717) is 5.56 Å². The first-order valence-electron chi connectivity index (χ1n) is 6.49. The molecule has 1 aromatic carbocycles. The van der Waals surface area contributed by atoms with Gasteiger partial charge in [-0.3, -0.25) is 4.79 Å². The van der Waals surface area contributed by atoms with E-state index >= 15 is 0 Å². The highest BCUT2D eigenvalue weighted by molar-refractivity contribution is 5.90. The van der Waals surface area contributed by atoms with Crippen LogP contribution in [-0.2, 0) is 14.3 Å². The van der Waals surface area contributed by atoms with Crippen molar-refractivity contribution in [2.45, 2.75) is 31.9 Å². The summed E-state index contributed by atoms with van der Waals surface area (Å²) in [5, 5.41) is 2.76. The van der Waals surface area contributed by atoms with Crippen LogP contribution in [0.2, 0.25) is 0 Å². The number of benzene rings is 1. The molecule has 1 aliphatic rings.